The van der Waals surface area contributed by atoms with Crippen LogP contribution in [0.15, 0.2) is 90.0 Å². The summed E-state index contributed by atoms with van der Waals surface area (Å²) in [6.07, 6.45) is 2.55. The number of likely N-dealkylation sites (tertiary alicyclic amines) is 1. The van der Waals surface area contributed by atoms with Crippen LogP contribution in [0.4, 0.5) is 0 Å². The van der Waals surface area contributed by atoms with Gasteiger partial charge in [-0.25, -0.2) is 5.43 Å². The van der Waals surface area contributed by atoms with Crippen molar-refractivity contribution in [1.29, 1.82) is 0 Å². The first-order valence-corrected chi connectivity index (χ1v) is 13.9. The number of benzene rings is 3. The number of hydrogen-bond donors (Lipinski definition) is 1. The van der Waals surface area contributed by atoms with E-state index in [-0.39, 0.29) is 17.2 Å². The SMILES string of the molecule is O=C(NN=C1CCN(Cc2ccccc2)CC1)c1ccc([C@H]2SCC(=O)N2CCc2ccccc2)cc1. The summed E-state index contributed by atoms with van der Waals surface area (Å²) in [6, 6.07) is 28.3. The van der Waals surface area contributed by atoms with Crippen LogP contribution in [0.5, 0.6) is 0 Å². The summed E-state index contributed by atoms with van der Waals surface area (Å²) in [5.41, 5.74) is 7.92. The molecule has 7 heteroatoms. The van der Waals surface area contributed by atoms with Crippen LogP contribution in [0, 0.1) is 0 Å². The zero-order valence-corrected chi connectivity index (χ0v) is 21.7. The number of rotatable bonds is 8. The Balaban J connectivity index is 1.12. The Labute approximate surface area is 222 Å². The predicted octanol–water partition coefficient (Wildman–Crippen LogP) is 4.89. The molecule has 6 nitrogen and oxygen atoms in total. The lowest BCUT2D eigenvalue weighted by atomic mass is 10.1. The molecule has 3 aromatic rings. The van der Waals surface area contributed by atoms with Gasteiger partial charge in [0, 0.05) is 50.3 Å². The van der Waals surface area contributed by atoms with E-state index in [9.17, 15) is 9.59 Å². The van der Waals surface area contributed by atoms with Crippen molar-refractivity contribution >= 4 is 29.3 Å². The number of piperidine rings is 1. The first kappa shape index (κ1) is 25.2. The number of nitrogens with zero attached hydrogens (tertiary/aromatic N) is 3. The van der Waals surface area contributed by atoms with Crippen molar-refractivity contribution in [3.8, 4) is 0 Å². The first-order valence-electron chi connectivity index (χ1n) is 12.8. The number of nitrogens with one attached hydrogen (secondary N) is 1. The maximum Gasteiger partial charge on any atom is 0.271 e. The smallest absolute Gasteiger partial charge is 0.271 e. The monoisotopic (exact) mass is 512 g/mol. The van der Waals surface area contributed by atoms with Crippen molar-refractivity contribution in [3.05, 3.63) is 107 Å². The van der Waals surface area contributed by atoms with Gasteiger partial charge in [0.05, 0.1) is 5.75 Å². The van der Waals surface area contributed by atoms with Gasteiger partial charge in [0.2, 0.25) is 5.91 Å². The minimum Gasteiger partial charge on any atom is -0.326 e. The van der Waals surface area contributed by atoms with Crippen LogP contribution in [-0.2, 0) is 17.8 Å². The molecule has 0 radical (unpaired) electrons. The number of carbonyl (C=O) groups excluding carboxylic acids is 2. The largest absolute Gasteiger partial charge is 0.326 e. The minimum atomic E-state index is -0.207. The maximum absolute atomic E-state index is 12.7. The average molecular weight is 513 g/mol. The van der Waals surface area contributed by atoms with Gasteiger partial charge < -0.3 is 4.90 Å². The third-order valence-electron chi connectivity index (χ3n) is 6.91. The summed E-state index contributed by atoms with van der Waals surface area (Å²) >= 11 is 1.64. The lowest BCUT2D eigenvalue weighted by Gasteiger charge is -2.27. The molecule has 2 amide bonds. The molecule has 0 aromatic heterocycles. The minimum absolute atomic E-state index is 0.0189. The highest BCUT2D eigenvalue weighted by molar-refractivity contribution is 8.00. The summed E-state index contributed by atoms with van der Waals surface area (Å²) in [7, 11) is 0. The zero-order chi connectivity index (χ0) is 25.5. The number of thioether (sulfide) groups is 1. The Hall–Kier alpha value is -3.42. The first-order chi connectivity index (χ1) is 18.2. The van der Waals surface area contributed by atoms with E-state index in [0.29, 0.717) is 17.9 Å². The van der Waals surface area contributed by atoms with Gasteiger partial charge in [-0.1, -0.05) is 72.8 Å². The molecule has 190 valence electrons. The van der Waals surface area contributed by atoms with Gasteiger partial charge in [-0.2, -0.15) is 5.10 Å². The van der Waals surface area contributed by atoms with E-state index in [0.717, 1.165) is 50.2 Å². The van der Waals surface area contributed by atoms with E-state index in [1.165, 1.54) is 11.1 Å². The van der Waals surface area contributed by atoms with Crippen molar-refractivity contribution in [3.63, 3.8) is 0 Å². The van der Waals surface area contributed by atoms with Gasteiger partial charge in [-0.3, -0.25) is 14.5 Å². The summed E-state index contributed by atoms with van der Waals surface area (Å²) in [5.74, 6) is 0.447. The molecule has 2 aliphatic rings. The molecule has 2 saturated heterocycles. The normalized spacial score (nSPS) is 18.2. The Morgan fingerprint density at radius 3 is 2.22 bits per heavy atom. The number of amides is 2. The number of hydrogen-bond acceptors (Lipinski definition) is 5. The molecular weight excluding hydrogens is 480 g/mol. The third-order valence-corrected chi connectivity index (χ3v) is 8.16. The molecule has 37 heavy (non-hydrogen) atoms. The van der Waals surface area contributed by atoms with Crippen LogP contribution in [-0.4, -0.2) is 52.7 Å². The average Bonchev–Trinajstić information content (AvgIpc) is 3.32. The molecule has 0 aliphatic carbocycles. The van der Waals surface area contributed by atoms with E-state index >= 15 is 0 Å². The van der Waals surface area contributed by atoms with Gasteiger partial charge >= 0.3 is 0 Å². The maximum atomic E-state index is 12.7. The summed E-state index contributed by atoms with van der Waals surface area (Å²) in [6.45, 7) is 3.51. The van der Waals surface area contributed by atoms with E-state index in [2.05, 4.69) is 51.8 Å². The molecule has 2 fully saturated rings. The Morgan fingerprint density at radius 1 is 0.892 bits per heavy atom. The quantitative estimate of drug-likeness (QED) is 0.437. The van der Waals surface area contributed by atoms with E-state index in [1.807, 2.05) is 53.4 Å². The van der Waals surface area contributed by atoms with Crippen LogP contribution in [0.1, 0.15) is 45.3 Å². The van der Waals surface area contributed by atoms with Crippen molar-refractivity contribution in [1.82, 2.24) is 15.2 Å². The van der Waals surface area contributed by atoms with Crippen LogP contribution in [0.25, 0.3) is 0 Å². The fraction of sp³-hybridized carbons (Fsp3) is 0.300. The molecule has 1 atom stereocenters. The van der Waals surface area contributed by atoms with E-state index in [4.69, 9.17) is 0 Å². The molecule has 2 aliphatic heterocycles. The van der Waals surface area contributed by atoms with E-state index < -0.39 is 0 Å². The van der Waals surface area contributed by atoms with Crippen molar-refractivity contribution in [2.45, 2.75) is 31.2 Å². The zero-order valence-electron chi connectivity index (χ0n) is 20.9. The lowest BCUT2D eigenvalue weighted by Crippen LogP contribution is -2.34. The highest BCUT2D eigenvalue weighted by atomic mass is 32.2. The van der Waals surface area contributed by atoms with Gasteiger partial charge in [0.1, 0.15) is 5.37 Å². The second-order valence-corrected chi connectivity index (χ2v) is 10.6. The molecule has 0 unspecified atom stereocenters. The van der Waals surface area contributed by atoms with Crippen molar-refractivity contribution in [2.24, 2.45) is 5.10 Å². The molecule has 3 aromatic carbocycles. The van der Waals surface area contributed by atoms with Gasteiger partial charge in [0.15, 0.2) is 0 Å². The fourth-order valence-corrected chi connectivity index (χ4v) is 6.00. The Bertz CT molecular complexity index is 1220. The second-order valence-electron chi connectivity index (χ2n) is 9.49. The van der Waals surface area contributed by atoms with Crippen LogP contribution in [0.3, 0.4) is 0 Å². The molecular formula is C30H32N4O2S. The molecule has 0 spiro atoms. The molecule has 0 bridgehead atoms. The summed E-state index contributed by atoms with van der Waals surface area (Å²) in [5, 5.41) is 4.39. The highest BCUT2D eigenvalue weighted by Gasteiger charge is 2.32. The van der Waals surface area contributed by atoms with Crippen LogP contribution < -0.4 is 5.43 Å². The lowest BCUT2D eigenvalue weighted by molar-refractivity contribution is -0.128. The molecule has 1 N–H and O–H groups in total. The van der Waals surface area contributed by atoms with Gasteiger partial charge in [-0.15, -0.1) is 11.8 Å². The van der Waals surface area contributed by atoms with Crippen molar-refractivity contribution in [2.75, 3.05) is 25.4 Å². The Kier molecular flexibility index (Phi) is 8.33. The number of hydrazone groups is 1. The van der Waals surface area contributed by atoms with Crippen LogP contribution >= 0.6 is 11.8 Å². The van der Waals surface area contributed by atoms with Gasteiger partial charge in [0.25, 0.3) is 5.91 Å². The number of carbonyl (C=O) groups is 2. The van der Waals surface area contributed by atoms with E-state index in [1.54, 1.807) is 11.8 Å². The van der Waals surface area contributed by atoms with Crippen LogP contribution in [0.2, 0.25) is 0 Å². The summed E-state index contributed by atoms with van der Waals surface area (Å²) in [4.78, 5) is 29.6. The fourth-order valence-electron chi connectivity index (χ4n) is 4.78. The topological polar surface area (TPSA) is 65.0 Å². The third kappa shape index (κ3) is 6.67. The van der Waals surface area contributed by atoms with Crippen molar-refractivity contribution < 1.29 is 9.59 Å². The molecule has 0 saturated carbocycles. The predicted molar refractivity (Wildman–Crippen MR) is 149 cm³/mol. The Morgan fingerprint density at radius 2 is 1.54 bits per heavy atom. The molecule has 5 rings (SSSR count). The summed E-state index contributed by atoms with van der Waals surface area (Å²) < 4.78 is 0. The second kappa shape index (κ2) is 12.2. The van der Waals surface area contributed by atoms with Gasteiger partial charge in [-0.05, 0) is 35.2 Å². The highest BCUT2D eigenvalue weighted by Crippen LogP contribution is 2.38. The standard InChI is InChI=1S/C30H32N4O2S/c35-28-22-37-30(34(28)20-15-23-7-3-1-4-8-23)26-13-11-25(12-14-26)29(36)32-31-27-16-18-33(19-17-27)21-24-9-5-2-6-10-24/h1-14,30H,15-22H2,(H,32,36)/t30-/m1/s1. The molecule has 2 heterocycles.